The number of nitrogens with zero attached hydrogens (tertiary/aromatic N) is 1. The van der Waals surface area contributed by atoms with Gasteiger partial charge in [0.15, 0.2) is 0 Å². The standard InChI is InChI=1S/C8H16N2O/c1-7(6-11)10-5-8-2-3-9-4-8/h8-9,11H,2-6H2,1H3/t8-/m0/s1. The molecule has 1 aliphatic rings. The van der Waals surface area contributed by atoms with E-state index < -0.39 is 0 Å². The lowest BCUT2D eigenvalue weighted by Gasteiger charge is -2.03. The highest BCUT2D eigenvalue weighted by atomic mass is 16.3. The minimum absolute atomic E-state index is 0.0974. The smallest absolute Gasteiger partial charge is 0.0806 e. The van der Waals surface area contributed by atoms with Crippen LogP contribution in [0.4, 0.5) is 0 Å². The Labute approximate surface area is 67.5 Å². The predicted molar refractivity (Wildman–Crippen MR) is 46.0 cm³/mol. The summed E-state index contributed by atoms with van der Waals surface area (Å²) in [6, 6.07) is 0. The molecule has 64 valence electrons. The molecular formula is C8H16N2O. The second-order valence-corrected chi connectivity index (χ2v) is 3.09. The summed E-state index contributed by atoms with van der Waals surface area (Å²) in [5, 5.41) is 11.9. The molecule has 11 heavy (non-hydrogen) atoms. The lowest BCUT2D eigenvalue weighted by atomic mass is 10.1. The van der Waals surface area contributed by atoms with Gasteiger partial charge in [0.25, 0.3) is 0 Å². The first-order valence-electron chi connectivity index (χ1n) is 4.14. The average Bonchev–Trinajstić information content (AvgIpc) is 2.52. The van der Waals surface area contributed by atoms with E-state index in [-0.39, 0.29) is 6.61 Å². The van der Waals surface area contributed by atoms with Crippen LogP contribution in [0, 0.1) is 5.92 Å². The fourth-order valence-electron chi connectivity index (χ4n) is 1.21. The van der Waals surface area contributed by atoms with E-state index in [1.54, 1.807) is 0 Å². The van der Waals surface area contributed by atoms with Crippen LogP contribution < -0.4 is 5.32 Å². The number of hydrogen-bond acceptors (Lipinski definition) is 3. The first-order valence-corrected chi connectivity index (χ1v) is 4.14. The highest BCUT2D eigenvalue weighted by Crippen LogP contribution is 2.07. The molecule has 0 aromatic rings. The molecule has 1 atom stereocenters. The highest BCUT2D eigenvalue weighted by molar-refractivity contribution is 5.82. The summed E-state index contributed by atoms with van der Waals surface area (Å²) in [5.41, 5.74) is 0.844. The SMILES string of the molecule is CC(CO)=NC[C@H]1CCNC1. The number of aliphatic hydroxyl groups is 1. The Morgan fingerprint density at radius 2 is 2.55 bits per heavy atom. The van der Waals surface area contributed by atoms with Crippen LogP contribution in [0.25, 0.3) is 0 Å². The molecule has 0 radical (unpaired) electrons. The van der Waals surface area contributed by atoms with E-state index in [2.05, 4.69) is 10.3 Å². The summed E-state index contributed by atoms with van der Waals surface area (Å²) in [6.45, 7) is 5.04. The van der Waals surface area contributed by atoms with Gasteiger partial charge in [-0.2, -0.15) is 0 Å². The number of hydrogen-bond donors (Lipinski definition) is 2. The van der Waals surface area contributed by atoms with Crippen molar-refractivity contribution in [3.05, 3.63) is 0 Å². The van der Waals surface area contributed by atoms with Crippen molar-refractivity contribution in [1.29, 1.82) is 0 Å². The predicted octanol–water partition coefficient (Wildman–Crippen LogP) is 0.0491. The third-order valence-electron chi connectivity index (χ3n) is 2.01. The Balaban J connectivity index is 2.19. The normalized spacial score (nSPS) is 26.0. The van der Waals surface area contributed by atoms with Gasteiger partial charge in [-0.1, -0.05) is 0 Å². The van der Waals surface area contributed by atoms with Crippen LogP contribution in [0.5, 0.6) is 0 Å². The van der Waals surface area contributed by atoms with Gasteiger partial charge in [-0.25, -0.2) is 0 Å². The van der Waals surface area contributed by atoms with Crippen molar-refractivity contribution < 1.29 is 5.11 Å². The number of aliphatic imine (C=N–C) groups is 1. The zero-order valence-corrected chi connectivity index (χ0v) is 7.01. The molecule has 3 heteroatoms. The highest BCUT2D eigenvalue weighted by Gasteiger charge is 2.12. The fourth-order valence-corrected chi connectivity index (χ4v) is 1.21. The van der Waals surface area contributed by atoms with Crippen molar-refractivity contribution in [2.24, 2.45) is 10.9 Å². The van der Waals surface area contributed by atoms with E-state index in [1.807, 2.05) is 6.92 Å². The number of rotatable bonds is 3. The molecule has 0 saturated carbocycles. The Morgan fingerprint density at radius 3 is 3.09 bits per heavy atom. The van der Waals surface area contributed by atoms with Gasteiger partial charge >= 0.3 is 0 Å². The Hall–Kier alpha value is -0.410. The van der Waals surface area contributed by atoms with Crippen molar-refractivity contribution in [2.75, 3.05) is 26.2 Å². The second-order valence-electron chi connectivity index (χ2n) is 3.09. The van der Waals surface area contributed by atoms with Gasteiger partial charge in [0, 0.05) is 12.3 Å². The second kappa shape index (κ2) is 4.46. The zero-order chi connectivity index (χ0) is 8.10. The summed E-state index contributed by atoms with van der Waals surface area (Å²) in [4.78, 5) is 4.25. The molecule has 1 saturated heterocycles. The summed E-state index contributed by atoms with van der Waals surface area (Å²) in [7, 11) is 0. The lowest BCUT2D eigenvalue weighted by Crippen LogP contribution is -2.12. The van der Waals surface area contributed by atoms with Gasteiger partial charge in [0.05, 0.1) is 6.61 Å². The minimum atomic E-state index is 0.0974. The van der Waals surface area contributed by atoms with Crippen LogP contribution in [0.1, 0.15) is 13.3 Å². The van der Waals surface area contributed by atoms with Crippen LogP contribution in [0.15, 0.2) is 4.99 Å². The van der Waals surface area contributed by atoms with Gasteiger partial charge in [-0.3, -0.25) is 4.99 Å². The van der Waals surface area contributed by atoms with E-state index >= 15 is 0 Å². The van der Waals surface area contributed by atoms with Gasteiger partial charge in [-0.15, -0.1) is 0 Å². The van der Waals surface area contributed by atoms with Gasteiger partial charge in [0.2, 0.25) is 0 Å². The maximum absolute atomic E-state index is 8.66. The van der Waals surface area contributed by atoms with Gasteiger partial charge < -0.3 is 10.4 Å². The molecule has 1 aliphatic heterocycles. The molecule has 1 rings (SSSR count). The number of nitrogens with one attached hydrogen (secondary N) is 1. The molecule has 0 aromatic heterocycles. The molecule has 0 unspecified atom stereocenters. The molecular weight excluding hydrogens is 140 g/mol. The van der Waals surface area contributed by atoms with E-state index in [0.717, 1.165) is 25.3 Å². The van der Waals surface area contributed by atoms with Crippen molar-refractivity contribution in [3.8, 4) is 0 Å². The topological polar surface area (TPSA) is 44.6 Å². The van der Waals surface area contributed by atoms with Crippen LogP contribution in [-0.2, 0) is 0 Å². The first-order chi connectivity index (χ1) is 5.33. The Morgan fingerprint density at radius 1 is 1.73 bits per heavy atom. The average molecular weight is 156 g/mol. The third-order valence-corrected chi connectivity index (χ3v) is 2.01. The third kappa shape index (κ3) is 2.99. The van der Waals surface area contributed by atoms with Crippen LogP contribution >= 0.6 is 0 Å². The van der Waals surface area contributed by atoms with Crippen LogP contribution in [0.2, 0.25) is 0 Å². The molecule has 0 aromatic carbocycles. The monoisotopic (exact) mass is 156 g/mol. The molecule has 3 nitrogen and oxygen atoms in total. The van der Waals surface area contributed by atoms with Crippen molar-refractivity contribution in [3.63, 3.8) is 0 Å². The first kappa shape index (κ1) is 8.68. The van der Waals surface area contributed by atoms with E-state index in [4.69, 9.17) is 5.11 Å². The molecule has 1 heterocycles. The number of aliphatic hydroxyl groups excluding tert-OH is 1. The van der Waals surface area contributed by atoms with Gasteiger partial charge in [0.1, 0.15) is 0 Å². The van der Waals surface area contributed by atoms with Crippen molar-refractivity contribution >= 4 is 5.71 Å². The molecule has 0 aliphatic carbocycles. The largest absolute Gasteiger partial charge is 0.390 e. The molecule has 0 amide bonds. The van der Waals surface area contributed by atoms with E-state index in [1.165, 1.54) is 6.42 Å². The summed E-state index contributed by atoms with van der Waals surface area (Å²) in [5.74, 6) is 0.691. The maximum Gasteiger partial charge on any atom is 0.0806 e. The van der Waals surface area contributed by atoms with Crippen LogP contribution in [-0.4, -0.2) is 37.1 Å². The summed E-state index contributed by atoms with van der Waals surface area (Å²) < 4.78 is 0. The zero-order valence-electron chi connectivity index (χ0n) is 7.01. The molecule has 2 N–H and O–H groups in total. The summed E-state index contributed by atoms with van der Waals surface area (Å²) in [6.07, 6.45) is 1.22. The van der Waals surface area contributed by atoms with Crippen molar-refractivity contribution in [2.45, 2.75) is 13.3 Å². The molecule has 0 spiro atoms. The quantitative estimate of drug-likeness (QED) is 0.567. The fraction of sp³-hybridized carbons (Fsp3) is 0.875. The summed E-state index contributed by atoms with van der Waals surface area (Å²) >= 11 is 0. The van der Waals surface area contributed by atoms with E-state index in [0.29, 0.717) is 5.92 Å². The molecule has 0 bridgehead atoms. The minimum Gasteiger partial charge on any atom is -0.390 e. The van der Waals surface area contributed by atoms with Crippen molar-refractivity contribution in [1.82, 2.24) is 5.32 Å². The lowest BCUT2D eigenvalue weighted by molar-refractivity contribution is 0.356. The Bertz CT molecular complexity index is 139. The van der Waals surface area contributed by atoms with Crippen LogP contribution in [0.3, 0.4) is 0 Å². The van der Waals surface area contributed by atoms with Gasteiger partial charge in [-0.05, 0) is 32.4 Å². The van der Waals surface area contributed by atoms with E-state index in [9.17, 15) is 0 Å². The molecule has 1 fully saturated rings. The Kier molecular flexibility index (Phi) is 3.52. The maximum atomic E-state index is 8.66.